The lowest BCUT2D eigenvalue weighted by Gasteiger charge is -2.67. The molecule has 3 aliphatic carbocycles. The third kappa shape index (κ3) is 5.53. The van der Waals surface area contributed by atoms with E-state index in [1.807, 2.05) is 0 Å². The Morgan fingerprint density at radius 3 is 2.12 bits per heavy atom. The molecule has 1 saturated heterocycles. The van der Waals surface area contributed by atoms with Crippen LogP contribution in [0.3, 0.4) is 0 Å². The molecule has 2 aromatic carbocycles. The van der Waals surface area contributed by atoms with Gasteiger partial charge in [-0.05, 0) is 42.7 Å². The average Bonchev–Trinajstić information content (AvgIpc) is 3.09. The zero-order valence-corrected chi connectivity index (χ0v) is 29.0. The number of aliphatic hydroxyl groups excluding tert-OH is 4. The maximum Gasteiger partial charge on any atom is 0.338 e. The maximum atomic E-state index is 14.8. The summed E-state index contributed by atoms with van der Waals surface area (Å²) in [4.78, 5) is 54.9. The van der Waals surface area contributed by atoms with Gasteiger partial charge in [0.15, 0.2) is 17.5 Å². The normalized spacial score (nSPS) is 36.5. The van der Waals surface area contributed by atoms with Crippen LogP contribution in [0.4, 0.5) is 0 Å². The second-order valence-corrected chi connectivity index (χ2v) is 14.9. The number of ketones is 1. The van der Waals surface area contributed by atoms with Gasteiger partial charge < -0.3 is 44.5 Å². The van der Waals surface area contributed by atoms with Crippen LogP contribution in [-0.4, -0.2) is 104 Å². The third-order valence-corrected chi connectivity index (χ3v) is 11.9. The summed E-state index contributed by atoms with van der Waals surface area (Å²) < 4.78 is 23.8. The molecule has 274 valence electrons. The molecular formula is C38H44O13. The van der Waals surface area contributed by atoms with Crippen molar-refractivity contribution >= 4 is 23.7 Å². The molecule has 0 spiro atoms. The van der Waals surface area contributed by atoms with Gasteiger partial charge in [-0.1, -0.05) is 62.4 Å². The number of Topliss-reactive ketones (excluding diaryl/α,β-unsaturated/α-hetero) is 1. The van der Waals surface area contributed by atoms with E-state index < -0.39 is 101 Å². The van der Waals surface area contributed by atoms with Crippen molar-refractivity contribution < 1.29 is 63.7 Å². The van der Waals surface area contributed by atoms with E-state index in [0.29, 0.717) is 0 Å². The van der Waals surface area contributed by atoms with Gasteiger partial charge in [-0.3, -0.25) is 9.59 Å². The molecule has 2 aromatic rings. The molecule has 1 heterocycles. The molecule has 0 amide bonds. The van der Waals surface area contributed by atoms with Gasteiger partial charge in [0.05, 0.1) is 29.6 Å². The fourth-order valence-corrected chi connectivity index (χ4v) is 8.95. The van der Waals surface area contributed by atoms with Gasteiger partial charge in [0.25, 0.3) is 0 Å². The topological polar surface area (TPSA) is 206 Å². The molecule has 13 nitrogen and oxygen atoms in total. The lowest BCUT2D eigenvalue weighted by molar-refractivity contribution is -0.346. The van der Waals surface area contributed by atoms with E-state index in [9.17, 15) is 44.7 Å². The highest BCUT2D eigenvalue weighted by molar-refractivity contribution is 5.94. The summed E-state index contributed by atoms with van der Waals surface area (Å²) in [5.74, 6) is -5.30. The van der Waals surface area contributed by atoms with Crippen LogP contribution in [0.25, 0.3) is 0 Å². The van der Waals surface area contributed by atoms with Crippen LogP contribution in [0, 0.1) is 16.7 Å². The molecule has 51 heavy (non-hydrogen) atoms. The van der Waals surface area contributed by atoms with E-state index in [-0.39, 0.29) is 35.3 Å². The van der Waals surface area contributed by atoms with Crippen LogP contribution < -0.4 is 0 Å². The van der Waals surface area contributed by atoms with Crippen molar-refractivity contribution in [3.8, 4) is 0 Å². The summed E-state index contributed by atoms with van der Waals surface area (Å²) in [6.45, 7) is 6.88. The Kier molecular flexibility index (Phi) is 9.31. The summed E-state index contributed by atoms with van der Waals surface area (Å²) in [7, 11) is 0. The molecule has 2 saturated carbocycles. The first-order valence-corrected chi connectivity index (χ1v) is 16.9. The van der Waals surface area contributed by atoms with Gasteiger partial charge in [-0.25, -0.2) is 9.59 Å². The Hall–Kier alpha value is -3.98. The maximum absolute atomic E-state index is 14.8. The Balaban J connectivity index is 1.53. The number of fused-ring (bicyclic) bond motifs is 5. The minimum atomic E-state index is -2.31. The summed E-state index contributed by atoms with van der Waals surface area (Å²) in [6.07, 6.45) is -12.0. The number of ether oxygens (including phenoxy) is 4. The van der Waals surface area contributed by atoms with Crippen molar-refractivity contribution in [2.45, 2.75) is 101 Å². The highest BCUT2D eigenvalue weighted by Crippen LogP contribution is 2.64. The number of aliphatic hydroxyl groups is 5. The zero-order chi connectivity index (χ0) is 37.3. The van der Waals surface area contributed by atoms with E-state index >= 15 is 0 Å². The van der Waals surface area contributed by atoms with E-state index in [1.54, 1.807) is 50.2 Å². The smallest absolute Gasteiger partial charge is 0.338 e. The second-order valence-electron chi connectivity index (χ2n) is 14.9. The van der Waals surface area contributed by atoms with E-state index in [2.05, 4.69) is 0 Å². The predicted molar refractivity (Wildman–Crippen MR) is 176 cm³/mol. The Labute approximate surface area is 294 Å². The van der Waals surface area contributed by atoms with Gasteiger partial charge >= 0.3 is 17.9 Å². The first kappa shape index (κ1) is 36.8. The summed E-state index contributed by atoms with van der Waals surface area (Å²) in [5, 5.41) is 58.6. The molecule has 4 aliphatic rings. The first-order chi connectivity index (χ1) is 23.9. The molecule has 0 radical (unpaired) electrons. The van der Waals surface area contributed by atoms with Crippen LogP contribution in [0.1, 0.15) is 69.5 Å². The Bertz CT molecular complexity index is 1740. The van der Waals surface area contributed by atoms with Crippen LogP contribution >= 0.6 is 0 Å². The Morgan fingerprint density at radius 1 is 0.941 bits per heavy atom. The molecule has 11 atom stereocenters. The van der Waals surface area contributed by atoms with E-state index in [4.69, 9.17) is 18.9 Å². The van der Waals surface area contributed by atoms with Crippen molar-refractivity contribution in [1.82, 2.24) is 0 Å². The number of hydrogen-bond donors (Lipinski definition) is 5. The fourth-order valence-electron chi connectivity index (χ4n) is 8.95. The number of hydrogen-bond acceptors (Lipinski definition) is 13. The van der Waals surface area contributed by atoms with Gasteiger partial charge in [0, 0.05) is 25.2 Å². The van der Waals surface area contributed by atoms with Crippen molar-refractivity contribution in [2.75, 3.05) is 6.61 Å². The van der Waals surface area contributed by atoms with Gasteiger partial charge in [0.1, 0.15) is 36.1 Å². The van der Waals surface area contributed by atoms with E-state index in [0.717, 1.165) is 6.92 Å². The second kappa shape index (κ2) is 12.9. The monoisotopic (exact) mass is 708 g/mol. The SMILES string of the molecule is CC(=O)O[C@@]12CO[C@@H]1C[C@H](O)[C@@]1(C)C(=O)[C@H](O)C3=C(C)[C@@H](OC(=O)C(O)C(O)c4ccccc4)C[C@@](O)([C@@H](OC(=O)c4ccccc4)[C@H]21)C3(C)C. The Morgan fingerprint density at radius 2 is 1.55 bits per heavy atom. The summed E-state index contributed by atoms with van der Waals surface area (Å²) in [6, 6.07) is 15.8. The molecule has 13 heteroatoms. The molecule has 5 N–H and O–H groups in total. The van der Waals surface area contributed by atoms with Gasteiger partial charge in [-0.2, -0.15) is 0 Å². The first-order valence-electron chi connectivity index (χ1n) is 16.9. The van der Waals surface area contributed by atoms with Crippen molar-refractivity contribution in [3.05, 3.63) is 82.9 Å². The molecular weight excluding hydrogens is 664 g/mol. The number of benzene rings is 2. The van der Waals surface area contributed by atoms with Crippen LogP contribution in [-0.2, 0) is 33.3 Å². The molecule has 1 aliphatic heterocycles. The van der Waals surface area contributed by atoms with Gasteiger partial charge in [0.2, 0.25) is 0 Å². The zero-order valence-electron chi connectivity index (χ0n) is 29.0. The van der Waals surface area contributed by atoms with Crippen LogP contribution in [0.5, 0.6) is 0 Å². The number of carbonyl (C=O) groups excluding carboxylic acids is 4. The number of rotatable bonds is 7. The van der Waals surface area contributed by atoms with E-state index in [1.165, 1.54) is 38.1 Å². The van der Waals surface area contributed by atoms with Crippen molar-refractivity contribution in [2.24, 2.45) is 16.7 Å². The summed E-state index contributed by atoms with van der Waals surface area (Å²) >= 11 is 0. The highest BCUT2D eigenvalue weighted by atomic mass is 16.6. The number of esters is 3. The quantitative estimate of drug-likeness (QED) is 0.158. The lowest BCUT2D eigenvalue weighted by atomic mass is 9.44. The van der Waals surface area contributed by atoms with Crippen molar-refractivity contribution in [1.29, 1.82) is 0 Å². The predicted octanol–water partition coefficient (Wildman–Crippen LogP) is 1.73. The molecule has 3 fully saturated rings. The summed E-state index contributed by atoms with van der Waals surface area (Å²) in [5.41, 5.74) is -7.11. The van der Waals surface area contributed by atoms with Crippen LogP contribution in [0.2, 0.25) is 0 Å². The number of carbonyl (C=O) groups is 4. The molecule has 0 aromatic heterocycles. The van der Waals surface area contributed by atoms with Crippen LogP contribution in [0.15, 0.2) is 71.8 Å². The minimum Gasteiger partial charge on any atom is -0.456 e. The van der Waals surface area contributed by atoms with Crippen molar-refractivity contribution in [3.63, 3.8) is 0 Å². The average molecular weight is 709 g/mol. The molecule has 6 rings (SSSR count). The highest BCUT2D eigenvalue weighted by Gasteiger charge is 2.78. The molecule has 2 unspecified atom stereocenters. The lowest BCUT2D eigenvalue weighted by Crippen LogP contribution is -2.81. The molecule has 2 bridgehead atoms. The fraction of sp³-hybridized carbons (Fsp3) is 0.526. The minimum absolute atomic E-state index is 0.0432. The van der Waals surface area contributed by atoms with Gasteiger partial charge in [-0.15, -0.1) is 0 Å². The largest absolute Gasteiger partial charge is 0.456 e. The third-order valence-electron chi connectivity index (χ3n) is 11.9. The standard InChI is InChI=1S/C38H44O13/c1-19-23(49-34(46)29(43)27(41)21-12-8-6-9-13-21)17-38(47)32(50-33(45)22-14-10-7-11-15-22)30-36(5,31(44)28(42)26(19)35(38,3)4)24(40)16-25-37(30,18-48-25)51-20(2)39/h6-15,23-25,27-30,32,40-43,47H,16-18H2,1-5H3/t23-,24-,25+,27?,28+,29?,30-,32-,36+,37-,38+/m0/s1.